The van der Waals surface area contributed by atoms with E-state index in [1.165, 1.54) is 6.07 Å². The summed E-state index contributed by atoms with van der Waals surface area (Å²) in [6.07, 6.45) is 0.911. The van der Waals surface area contributed by atoms with Crippen LogP contribution in [0.1, 0.15) is 23.7 Å². The van der Waals surface area contributed by atoms with Crippen LogP contribution in [0.25, 0.3) is 0 Å². The predicted octanol–water partition coefficient (Wildman–Crippen LogP) is 2.40. The number of rotatable bonds is 2. The summed E-state index contributed by atoms with van der Waals surface area (Å²) in [7, 11) is 1.78. The number of hydrogen-bond donors (Lipinski definition) is 1. The minimum atomic E-state index is -0.0971. The molecule has 4 nitrogen and oxygen atoms in total. The number of ether oxygens (including phenoxy) is 1. The van der Waals surface area contributed by atoms with E-state index in [2.05, 4.69) is 15.9 Å². The number of benzene rings is 1. The zero-order chi connectivity index (χ0) is 13.3. The minimum Gasteiger partial charge on any atom is -0.507 e. The summed E-state index contributed by atoms with van der Waals surface area (Å²) in [6, 6.07) is 4.94. The second kappa shape index (κ2) is 5.28. The lowest BCUT2D eigenvalue weighted by Gasteiger charge is -2.26. The van der Waals surface area contributed by atoms with Gasteiger partial charge in [0.25, 0.3) is 5.91 Å². The van der Waals surface area contributed by atoms with Gasteiger partial charge in [-0.15, -0.1) is 0 Å². The fourth-order valence-electron chi connectivity index (χ4n) is 2.23. The molecule has 2 rings (SSSR count). The predicted molar refractivity (Wildman–Crippen MR) is 71.7 cm³/mol. The molecule has 0 bridgehead atoms. The number of phenols is 1. The number of carbonyl (C=O) groups is 1. The average molecular weight is 314 g/mol. The van der Waals surface area contributed by atoms with E-state index in [1.54, 1.807) is 24.1 Å². The van der Waals surface area contributed by atoms with Gasteiger partial charge < -0.3 is 14.7 Å². The molecule has 0 radical (unpaired) electrons. The van der Waals surface area contributed by atoms with Gasteiger partial charge in [-0.2, -0.15) is 0 Å². The van der Waals surface area contributed by atoms with Gasteiger partial charge in [0.15, 0.2) is 0 Å². The Kier molecular flexibility index (Phi) is 3.92. The SMILES string of the molecule is CC1OCCC1N(C)C(=O)c1ccc(Br)c(O)c1. The fraction of sp³-hybridized carbons (Fsp3) is 0.462. The molecule has 0 aliphatic carbocycles. The monoisotopic (exact) mass is 313 g/mol. The number of carbonyl (C=O) groups excluding carboxylic acids is 1. The van der Waals surface area contributed by atoms with Gasteiger partial charge in [-0.3, -0.25) is 4.79 Å². The number of likely N-dealkylation sites (N-methyl/N-ethyl adjacent to an activating group) is 1. The Balaban J connectivity index is 2.17. The molecule has 5 heteroatoms. The van der Waals surface area contributed by atoms with Gasteiger partial charge in [-0.05, 0) is 47.5 Å². The molecule has 1 saturated heterocycles. The van der Waals surface area contributed by atoms with Gasteiger partial charge in [-0.1, -0.05) is 0 Å². The third-order valence-electron chi connectivity index (χ3n) is 3.35. The molecule has 0 aromatic heterocycles. The lowest BCUT2D eigenvalue weighted by atomic mass is 10.1. The van der Waals surface area contributed by atoms with Crippen molar-refractivity contribution in [3.05, 3.63) is 28.2 Å². The molecule has 1 N–H and O–H groups in total. The second-order valence-corrected chi connectivity index (χ2v) is 5.37. The van der Waals surface area contributed by atoms with E-state index < -0.39 is 0 Å². The van der Waals surface area contributed by atoms with E-state index in [1.807, 2.05) is 6.92 Å². The first-order valence-electron chi connectivity index (χ1n) is 5.88. The molecule has 1 heterocycles. The number of halogens is 1. The van der Waals surface area contributed by atoms with Crippen molar-refractivity contribution in [3.63, 3.8) is 0 Å². The van der Waals surface area contributed by atoms with E-state index in [-0.39, 0.29) is 23.8 Å². The van der Waals surface area contributed by atoms with Crippen LogP contribution < -0.4 is 0 Å². The van der Waals surface area contributed by atoms with Gasteiger partial charge in [0.1, 0.15) is 5.75 Å². The van der Waals surface area contributed by atoms with Crippen LogP contribution in [0.5, 0.6) is 5.75 Å². The summed E-state index contributed by atoms with van der Waals surface area (Å²) >= 11 is 3.20. The highest BCUT2D eigenvalue weighted by atomic mass is 79.9. The molecule has 0 spiro atoms. The normalized spacial score (nSPS) is 23.1. The molecule has 1 aliphatic heterocycles. The molecular weight excluding hydrogens is 298 g/mol. The largest absolute Gasteiger partial charge is 0.507 e. The smallest absolute Gasteiger partial charge is 0.254 e. The van der Waals surface area contributed by atoms with Crippen molar-refractivity contribution in [1.82, 2.24) is 4.90 Å². The molecule has 1 amide bonds. The summed E-state index contributed by atoms with van der Waals surface area (Å²) in [6.45, 7) is 2.66. The number of amides is 1. The lowest BCUT2D eigenvalue weighted by molar-refractivity contribution is 0.0574. The molecular formula is C13H16BrNO3. The van der Waals surface area contributed by atoms with Gasteiger partial charge in [0, 0.05) is 19.2 Å². The zero-order valence-electron chi connectivity index (χ0n) is 10.4. The maximum atomic E-state index is 12.3. The Bertz CT molecular complexity index is 464. The molecule has 1 aromatic carbocycles. The van der Waals surface area contributed by atoms with Crippen LogP contribution in [-0.4, -0.2) is 41.7 Å². The first-order valence-corrected chi connectivity index (χ1v) is 6.67. The molecule has 0 saturated carbocycles. The maximum Gasteiger partial charge on any atom is 0.254 e. The average Bonchev–Trinajstić information content (AvgIpc) is 2.77. The Morgan fingerprint density at radius 2 is 2.28 bits per heavy atom. The Morgan fingerprint density at radius 3 is 2.83 bits per heavy atom. The molecule has 98 valence electrons. The molecule has 1 fully saturated rings. The van der Waals surface area contributed by atoms with E-state index in [0.717, 1.165) is 6.42 Å². The highest BCUT2D eigenvalue weighted by Gasteiger charge is 2.31. The number of nitrogens with zero attached hydrogens (tertiary/aromatic N) is 1. The van der Waals surface area contributed by atoms with E-state index >= 15 is 0 Å². The quantitative estimate of drug-likeness (QED) is 0.912. The Labute approximate surface area is 115 Å². The van der Waals surface area contributed by atoms with Crippen molar-refractivity contribution in [3.8, 4) is 5.75 Å². The summed E-state index contributed by atoms with van der Waals surface area (Å²) < 4.78 is 6.05. The van der Waals surface area contributed by atoms with Gasteiger partial charge in [0.05, 0.1) is 16.6 Å². The van der Waals surface area contributed by atoms with Crippen LogP contribution in [0.15, 0.2) is 22.7 Å². The minimum absolute atomic E-state index is 0.0583. The topological polar surface area (TPSA) is 49.8 Å². The van der Waals surface area contributed by atoms with Gasteiger partial charge >= 0.3 is 0 Å². The van der Waals surface area contributed by atoms with Crippen molar-refractivity contribution >= 4 is 21.8 Å². The standard InChI is InChI=1S/C13H16BrNO3/c1-8-11(5-6-18-8)15(2)13(17)9-3-4-10(14)12(16)7-9/h3-4,7-8,11,16H,5-6H2,1-2H3. The summed E-state index contributed by atoms with van der Waals surface area (Å²) in [5.41, 5.74) is 0.484. The fourth-order valence-corrected chi connectivity index (χ4v) is 2.48. The Hall–Kier alpha value is -1.07. The highest BCUT2D eigenvalue weighted by Crippen LogP contribution is 2.26. The van der Waals surface area contributed by atoms with Crippen LogP contribution in [0, 0.1) is 0 Å². The van der Waals surface area contributed by atoms with E-state index in [9.17, 15) is 9.90 Å². The highest BCUT2D eigenvalue weighted by molar-refractivity contribution is 9.10. The Morgan fingerprint density at radius 1 is 1.56 bits per heavy atom. The van der Waals surface area contributed by atoms with Crippen LogP contribution in [0.3, 0.4) is 0 Å². The maximum absolute atomic E-state index is 12.3. The molecule has 2 unspecified atom stereocenters. The van der Waals surface area contributed by atoms with Crippen LogP contribution in [0.2, 0.25) is 0 Å². The van der Waals surface area contributed by atoms with E-state index in [4.69, 9.17) is 4.74 Å². The van der Waals surface area contributed by atoms with Crippen LogP contribution >= 0.6 is 15.9 Å². The van der Waals surface area contributed by atoms with Crippen molar-refractivity contribution in [2.45, 2.75) is 25.5 Å². The van der Waals surface area contributed by atoms with Crippen molar-refractivity contribution in [2.75, 3.05) is 13.7 Å². The third-order valence-corrected chi connectivity index (χ3v) is 4.02. The van der Waals surface area contributed by atoms with Gasteiger partial charge in [-0.25, -0.2) is 0 Å². The van der Waals surface area contributed by atoms with Crippen LogP contribution in [0.4, 0.5) is 0 Å². The number of hydrogen-bond acceptors (Lipinski definition) is 3. The zero-order valence-corrected chi connectivity index (χ0v) is 12.0. The summed E-state index contributed by atoms with van der Waals surface area (Å²) in [4.78, 5) is 14.0. The molecule has 1 aromatic rings. The first-order chi connectivity index (χ1) is 8.50. The number of aromatic hydroxyl groups is 1. The second-order valence-electron chi connectivity index (χ2n) is 4.51. The molecule has 1 aliphatic rings. The third kappa shape index (κ3) is 2.52. The lowest BCUT2D eigenvalue weighted by Crippen LogP contribution is -2.40. The molecule has 18 heavy (non-hydrogen) atoms. The van der Waals surface area contributed by atoms with E-state index in [0.29, 0.717) is 16.6 Å². The van der Waals surface area contributed by atoms with Crippen molar-refractivity contribution < 1.29 is 14.6 Å². The summed E-state index contributed by atoms with van der Waals surface area (Å²) in [5.74, 6) is -0.0230. The summed E-state index contributed by atoms with van der Waals surface area (Å²) in [5, 5.41) is 9.61. The van der Waals surface area contributed by atoms with Crippen LogP contribution in [-0.2, 0) is 4.74 Å². The molecule has 2 atom stereocenters. The van der Waals surface area contributed by atoms with Crippen molar-refractivity contribution in [1.29, 1.82) is 0 Å². The van der Waals surface area contributed by atoms with Crippen molar-refractivity contribution in [2.24, 2.45) is 0 Å². The first kappa shape index (κ1) is 13.4. The van der Waals surface area contributed by atoms with Gasteiger partial charge in [0.2, 0.25) is 0 Å². The number of phenolic OH excluding ortho intramolecular Hbond substituents is 1.